The zero-order valence-electron chi connectivity index (χ0n) is 9.19. The second-order valence-electron chi connectivity index (χ2n) is 4.34. The van der Waals surface area contributed by atoms with Crippen LogP contribution in [0.2, 0.25) is 0 Å². The smallest absolute Gasteiger partial charge is 0.114 e. The van der Waals surface area contributed by atoms with Crippen molar-refractivity contribution < 1.29 is 5.11 Å². The SMILES string of the molecule is Cc1cc(C(O)c2cc3c(s2)CCC3)cs1. The zero-order chi connectivity index (χ0) is 11.1. The third-order valence-corrected chi connectivity index (χ3v) is 5.27. The summed E-state index contributed by atoms with van der Waals surface area (Å²) < 4.78 is 0. The molecule has 0 saturated heterocycles. The minimum absolute atomic E-state index is 0.416. The van der Waals surface area contributed by atoms with Crippen molar-refractivity contribution in [1.82, 2.24) is 0 Å². The Morgan fingerprint density at radius 3 is 2.88 bits per heavy atom. The van der Waals surface area contributed by atoms with Gasteiger partial charge in [-0.25, -0.2) is 0 Å². The van der Waals surface area contributed by atoms with Crippen LogP contribution in [0.25, 0.3) is 0 Å². The summed E-state index contributed by atoms with van der Waals surface area (Å²) in [5.74, 6) is 0. The van der Waals surface area contributed by atoms with Gasteiger partial charge >= 0.3 is 0 Å². The molecule has 84 valence electrons. The Balaban J connectivity index is 1.91. The second-order valence-corrected chi connectivity index (χ2v) is 6.63. The monoisotopic (exact) mass is 250 g/mol. The van der Waals surface area contributed by atoms with Crippen LogP contribution in [-0.4, -0.2) is 5.11 Å². The van der Waals surface area contributed by atoms with Gasteiger partial charge in [-0.05, 0) is 54.8 Å². The fraction of sp³-hybridized carbons (Fsp3) is 0.385. The van der Waals surface area contributed by atoms with Crippen molar-refractivity contribution in [2.24, 2.45) is 0 Å². The van der Waals surface area contributed by atoms with Crippen LogP contribution in [0.15, 0.2) is 17.5 Å². The Morgan fingerprint density at radius 1 is 1.31 bits per heavy atom. The highest BCUT2D eigenvalue weighted by Crippen LogP contribution is 2.36. The van der Waals surface area contributed by atoms with Crippen LogP contribution in [0.5, 0.6) is 0 Å². The molecule has 0 spiro atoms. The minimum Gasteiger partial charge on any atom is -0.383 e. The number of fused-ring (bicyclic) bond motifs is 1. The first-order chi connectivity index (χ1) is 7.74. The first-order valence-corrected chi connectivity index (χ1v) is 7.28. The summed E-state index contributed by atoms with van der Waals surface area (Å²) in [5, 5.41) is 12.3. The van der Waals surface area contributed by atoms with Crippen LogP contribution >= 0.6 is 22.7 Å². The molecule has 3 rings (SSSR count). The molecule has 2 aromatic rings. The van der Waals surface area contributed by atoms with E-state index >= 15 is 0 Å². The fourth-order valence-corrected chi connectivity index (χ4v) is 4.25. The van der Waals surface area contributed by atoms with E-state index < -0.39 is 6.10 Å². The maximum absolute atomic E-state index is 10.3. The van der Waals surface area contributed by atoms with E-state index in [1.807, 2.05) is 0 Å². The molecule has 16 heavy (non-hydrogen) atoms. The summed E-state index contributed by atoms with van der Waals surface area (Å²) in [6, 6.07) is 4.28. The molecule has 0 saturated carbocycles. The van der Waals surface area contributed by atoms with Crippen LogP contribution in [0.3, 0.4) is 0 Å². The van der Waals surface area contributed by atoms with Crippen LogP contribution in [0.1, 0.15) is 38.3 Å². The zero-order valence-corrected chi connectivity index (χ0v) is 10.8. The summed E-state index contributed by atoms with van der Waals surface area (Å²) in [6.45, 7) is 2.08. The molecule has 2 aromatic heterocycles. The van der Waals surface area contributed by atoms with Crippen molar-refractivity contribution in [3.63, 3.8) is 0 Å². The average Bonchev–Trinajstić information content (AvgIpc) is 2.89. The highest BCUT2D eigenvalue weighted by Gasteiger charge is 2.20. The summed E-state index contributed by atoms with van der Waals surface area (Å²) in [5.41, 5.74) is 2.51. The van der Waals surface area contributed by atoms with Crippen molar-refractivity contribution in [2.45, 2.75) is 32.3 Å². The summed E-state index contributed by atoms with van der Waals surface area (Å²) in [7, 11) is 0. The number of thiophene rings is 2. The van der Waals surface area contributed by atoms with Gasteiger partial charge in [0.1, 0.15) is 6.10 Å². The lowest BCUT2D eigenvalue weighted by Crippen LogP contribution is -1.94. The standard InChI is InChI=1S/C13H14OS2/c1-8-5-10(7-15-8)13(14)12-6-9-3-2-4-11(9)16-12/h5-7,13-14H,2-4H2,1H3. The molecule has 1 aliphatic carbocycles. The molecule has 0 aliphatic heterocycles. The Bertz CT molecular complexity index is 488. The molecule has 0 radical (unpaired) electrons. The number of hydrogen-bond acceptors (Lipinski definition) is 3. The van der Waals surface area contributed by atoms with E-state index in [-0.39, 0.29) is 0 Å². The second kappa shape index (κ2) is 3.99. The molecule has 0 fully saturated rings. The lowest BCUT2D eigenvalue weighted by Gasteiger charge is -2.05. The molecule has 2 heterocycles. The fourth-order valence-electron chi connectivity index (χ4n) is 2.26. The molecule has 1 aliphatic rings. The predicted octanol–water partition coefficient (Wildman–Crippen LogP) is 3.69. The molecule has 1 nitrogen and oxygen atoms in total. The van der Waals surface area contributed by atoms with E-state index in [1.54, 1.807) is 22.7 Å². The Kier molecular flexibility index (Phi) is 2.62. The normalized spacial score (nSPS) is 16.4. The maximum atomic E-state index is 10.3. The highest BCUT2D eigenvalue weighted by molar-refractivity contribution is 7.12. The summed E-state index contributed by atoms with van der Waals surface area (Å²) >= 11 is 3.49. The average molecular weight is 250 g/mol. The van der Waals surface area contributed by atoms with Crippen LogP contribution < -0.4 is 0 Å². The van der Waals surface area contributed by atoms with Gasteiger partial charge < -0.3 is 5.11 Å². The molecule has 1 unspecified atom stereocenters. The van der Waals surface area contributed by atoms with Gasteiger partial charge in [-0.15, -0.1) is 22.7 Å². The van der Waals surface area contributed by atoms with E-state index in [2.05, 4.69) is 24.4 Å². The number of aliphatic hydroxyl groups excluding tert-OH is 1. The van der Waals surface area contributed by atoms with Gasteiger partial charge in [0.25, 0.3) is 0 Å². The predicted molar refractivity (Wildman–Crippen MR) is 69.5 cm³/mol. The number of hydrogen-bond donors (Lipinski definition) is 1. The third-order valence-electron chi connectivity index (χ3n) is 3.10. The quantitative estimate of drug-likeness (QED) is 0.862. The van der Waals surface area contributed by atoms with Crippen LogP contribution in [-0.2, 0) is 12.8 Å². The van der Waals surface area contributed by atoms with E-state index in [0.29, 0.717) is 0 Å². The largest absolute Gasteiger partial charge is 0.383 e. The number of rotatable bonds is 2. The summed E-state index contributed by atoms with van der Waals surface area (Å²) in [4.78, 5) is 3.86. The van der Waals surface area contributed by atoms with Crippen molar-refractivity contribution in [1.29, 1.82) is 0 Å². The molecule has 0 aromatic carbocycles. The molecule has 0 bridgehead atoms. The van der Waals surface area contributed by atoms with Gasteiger partial charge in [0.05, 0.1) is 0 Å². The third kappa shape index (κ3) is 1.73. The van der Waals surface area contributed by atoms with E-state index in [9.17, 15) is 5.11 Å². The van der Waals surface area contributed by atoms with Crippen LogP contribution in [0.4, 0.5) is 0 Å². The Hall–Kier alpha value is -0.640. The van der Waals surface area contributed by atoms with Crippen molar-refractivity contribution in [3.05, 3.63) is 43.3 Å². The minimum atomic E-state index is -0.416. The first kappa shape index (κ1) is 10.5. The molecule has 0 amide bonds. The number of aliphatic hydroxyl groups is 1. The molecular formula is C13H14OS2. The van der Waals surface area contributed by atoms with Gasteiger partial charge in [-0.2, -0.15) is 0 Å². The van der Waals surface area contributed by atoms with Gasteiger partial charge in [-0.1, -0.05) is 0 Å². The van der Waals surface area contributed by atoms with Gasteiger partial charge in [0.2, 0.25) is 0 Å². The maximum Gasteiger partial charge on any atom is 0.114 e. The lowest BCUT2D eigenvalue weighted by atomic mass is 10.1. The van der Waals surface area contributed by atoms with E-state index in [0.717, 1.165) is 10.4 Å². The molecular weight excluding hydrogens is 236 g/mol. The van der Waals surface area contributed by atoms with Gasteiger partial charge in [0.15, 0.2) is 0 Å². The lowest BCUT2D eigenvalue weighted by molar-refractivity contribution is 0.224. The Labute approximate surface area is 103 Å². The molecule has 1 N–H and O–H groups in total. The topological polar surface area (TPSA) is 20.2 Å². The van der Waals surface area contributed by atoms with E-state index in [1.165, 1.54) is 34.6 Å². The first-order valence-electron chi connectivity index (χ1n) is 5.58. The molecule has 3 heteroatoms. The van der Waals surface area contributed by atoms with Crippen LogP contribution in [0, 0.1) is 6.92 Å². The highest BCUT2D eigenvalue weighted by atomic mass is 32.1. The van der Waals surface area contributed by atoms with E-state index in [4.69, 9.17) is 0 Å². The Morgan fingerprint density at radius 2 is 2.19 bits per heavy atom. The molecule has 1 atom stereocenters. The van der Waals surface area contributed by atoms with Gasteiger partial charge in [-0.3, -0.25) is 0 Å². The summed E-state index contributed by atoms with van der Waals surface area (Å²) in [6.07, 6.45) is 3.27. The number of aryl methyl sites for hydroxylation is 3. The van der Waals surface area contributed by atoms with Crippen molar-refractivity contribution in [3.8, 4) is 0 Å². The van der Waals surface area contributed by atoms with Crippen molar-refractivity contribution in [2.75, 3.05) is 0 Å². The van der Waals surface area contributed by atoms with Gasteiger partial charge in [0, 0.05) is 14.6 Å². The van der Waals surface area contributed by atoms with Crippen molar-refractivity contribution >= 4 is 22.7 Å².